The van der Waals surface area contributed by atoms with Crippen LogP contribution in [0.4, 0.5) is 0 Å². The average molecular weight is 223 g/mol. The fourth-order valence-electron chi connectivity index (χ4n) is 1.81. The van der Waals surface area contributed by atoms with E-state index in [-0.39, 0.29) is 11.9 Å². The molecule has 0 aliphatic carbocycles. The SMILES string of the molecule is CN1CCOC(C(=O)Cc2nccn2C)C1. The van der Waals surface area contributed by atoms with Gasteiger partial charge >= 0.3 is 0 Å². The van der Waals surface area contributed by atoms with Gasteiger partial charge in [0.05, 0.1) is 13.0 Å². The third-order valence-electron chi connectivity index (χ3n) is 2.88. The van der Waals surface area contributed by atoms with Crippen molar-refractivity contribution in [3.8, 4) is 0 Å². The molecule has 1 unspecified atom stereocenters. The fourth-order valence-corrected chi connectivity index (χ4v) is 1.81. The third kappa shape index (κ3) is 2.48. The molecule has 0 bridgehead atoms. The van der Waals surface area contributed by atoms with Crippen LogP contribution in [0.15, 0.2) is 12.4 Å². The van der Waals surface area contributed by atoms with E-state index in [2.05, 4.69) is 9.88 Å². The van der Waals surface area contributed by atoms with Crippen LogP contribution < -0.4 is 0 Å². The van der Waals surface area contributed by atoms with Crippen LogP contribution in [0.3, 0.4) is 0 Å². The van der Waals surface area contributed by atoms with Crippen molar-refractivity contribution in [3.05, 3.63) is 18.2 Å². The summed E-state index contributed by atoms with van der Waals surface area (Å²) in [4.78, 5) is 18.2. The smallest absolute Gasteiger partial charge is 0.170 e. The third-order valence-corrected chi connectivity index (χ3v) is 2.88. The number of ketones is 1. The van der Waals surface area contributed by atoms with Gasteiger partial charge in [0.1, 0.15) is 11.9 Å². The lowest BCUT2D eigenvalue weighted by Crippen LogP contribution is -2.44. The molecule has 0 amide bonds. The van der Waals surface area contributed by atoms with Crippen molar-refractivity contribution in [2.45, 2.75) is 12.5 Å². The maximum Gasteiger partial charge on any atom is 0.170 e. The Hall–Kier alpha value is -1.20. The van der Waals surface area contributed by atoms with Crippen molar-refractivity contribution < 1.29 is 9.53 Å². The molecule has 0 N–H and O–H groups in total. The van der Waals surface area contributed by atoms with Crippen molar-refractivity contribution in [3.63, 3.8) is 0 Å². The first-order chi connectivity index (χ1) is 7.66. The highest BCUT2D eigenvalue weighted by Gasteiger charge is 2.25. The van der Waals surface area contributed by atoms with Crippen LogP contribution in [0, 0.1) is 0 Å². The van der Waals surface area contributed by atoms with E-state index < -0.39 is 0 Å². The van der Waals surface area contributed by atoms with Gasteiger partial charge in [0.2, 0.25) is 0 Å². The zero-order valence-electron chi connectivity index (χ0n) is 9.72. The van der Waals surface area contributed by atoms with Gasteiger partial charge in [-0.05, 0) is 7.05 Å². The predicted molar refractivity (Wildman–Crippen MR) is 59.2 cm³/mol. The maximum atomic E-state index is 12.0. The molecular weight excluding hydrogens is 206 g/mol. The Bertz CT molecular complexity index is 375. The molecule has 2 rings (SSSR count). The number of hydrogen-bond acceptors (Lipinski definition) is 4. The Labute approximate surface area is 95.0 Å². The van der Waals surface area contributed by atoms with Gasteiger partial charge in [-0.15, -0.1) is 0 Å². The number of morpholine rings is 1. The van der Waals surface area contributed by atoms with Gasteiger partial charge in [-0.3, -0.25) is 4.79 Å². The van der Waals surface area contributed by atoms with Crippen LogP contribution in [0.1, 0.15) is 5.82 Å². The number of ether oxygens (including phenoxy) is 1. The summed E-state index contributed by atoms with van der Waals surface area (Å²) in [5.41, 5.74) is 0. The quantitative estimate of drug-likeness (QED) is 0.715. The summed E-state index contributed by atoms with van der Waals surface area (Å²) >= 11 is 0. The number of imidazole rings is 1. The van der Waals surface area contributed by atoms with Gasteiger partial charge < -0.3 is 14.2 Å². The van der Waals surface area contributed by atoms with Crippen LogP contribution in [-0.4, -0.2) is 53.1 Å². The highest BCUT2D eigenvalue weighted by Crippen LogP contribution is 2.07. The van der Waals surface area contributed by atoms with Crippen LogP contribution >= 0.6 is 0 Å². The van der Waals surface area contributed by atoms with Crippen LogP contribution in [0.5, 0.6) is 0 Å². The molecule has 0 aromatic carbocycles. The Kier molecular flexibility index (Phi) is 3.36. The van der Waals surface area contributed by atoms with Gasteiger partial charge in [-0.2, -0.15) is 0 Å². The minimum absolute atomic E-state index is 0.112. The average Bonchev–Trinajstić information content (AvgIpc) is 2.64. The zero-order chi connectivity index (χ0) is 11.5. The van der Waals surface area contributed by atoms with Gasteiger partial charge in [0.25, 0.3) is 0 Å². The highest BCUT2D eigenvalue weighted by molar-refractivity contribution is 5.85. The standard InChI is InChI=1S/C11H17N3O2/c1-13-5-6-16-10(8-13)9(15)7-11-12-3-4-14(11)2/h3-4,10H,5-8H2,1-2H3. The molecule has 1 fully saturated rings. The summed E-state index contributed by atoms with van der Waals surface area (Å²) < 4.78 is 7.34. The molecule has 1 aromatic rings. The molecule has 5 nitrogen and oxygen atoms in total. The van der Waals surface area contributed by atoms with Gasteiger partial charge in [-0.25, -0.2) is 4.98 Å². The molecule has 1 aliphatic rings. The molecule has 0 spiro atoms. The molecular formula is C11H17N3O2. The minimum Gasteiger partial charge on any atom is -0.368 e. The number of hydrogen-bond donors (Lipinski definition) is 0. The largest absolute Gasteiger partial charge is 0.368 e. The lowest BCUT2D eigenvalue weighted by atomic mass is 10.1. The van der Waals surface area contributed by atoms with Crippen LogP contribution in [0.25, 0.3) is 0 Å². The summed E-state index contributed by atoms with van der Waals surface area (Å²) in [6.45, 7) is 2.21. The van der Waals surface area contributed by atoms with Gasteiger partial charge in [0.15, 0.2) is 5.78 Å². The van der Waals surface area contributed by atoms with E-state index in [0.717, 1.165) is 12.4 Å². The Balaban J connectivity index is 1.95. The van der Waals surface area contributed by atoms with Gasteiger partial charge in [-0.1, -0.05) is 0 Å². The molecule has 0 radical (unpaired) electrons. The van der Waals surface area contributed by atoms with E-state index in [1.165, 1.54) is 0 Å². The second-order valence-electron chi connectivity index (χ2n) is 4.22. The first-order valence-electron chi connectivity index (χ1n) is 5.46. The minimum atomic E-state index is -0.296. The zero-order valence-corrected chi connectivity index (χ0v) is 9.72. The number of carbonyl (C=O) groups excluding carboxylic acids is 1. The molecule has 88 valence electrons. The fraction of sp³-hybridized carbons (Fsp3) is 0.636. The summed E-state index contributed by atoms with van der Waals surface area (Å²) in [5.74, 6) is 0.905. The molecule has 1 aromatic heterocycles. The van der Waals surface area contributed by atoms with E-state index >= 15 is 0 Å². The van der Waals surface area contributed by atoms with Crippen molar-refractivity contribution in [2.75, 3.05) is 26.7 Å². The van der Waals surface area contributed by atoms with E-state index in [1.807, 2.05) is 24.9 Å². The first kappa shape index (κ1) is 11.3. The number of rotatable bonds is 3. The second kappa shape index (κ2) is 4.76. The summed E-state index contributed by atoms with van der Waals surface area (Å²) in [7, 11) is 3.90. The monoisotopic (exact) mass is 223 g/mol. The van der Waals surface area contributed by atoms with Crippen molar-refractivity contribution in [1.82, 2.24) is 14.5 Å². The van der Waals surface area contributed by atoms with Crippen molar-refractivity contribution in [2.24, 2.45) is 7.05 Å². The number of likely N-dealkylation sites (N-methyl/N-ethyl adjacent to an activating group) is 1. The van der Waals surface area contributed by atoms with Crippen molar-refractivity contribution in [1.29, 1.82) is 0 Å². The van der Waals surface area contributed by atoms with E-state index in [9.17, 15) is 4.79 Å². The van der Waals surface area contributed by atoms with E-state index in [0.29, 0.717) is 19.6 Å². The normalized spacial score (nSPS) is 22.2. The molecule has 16 heavy (non-hydrogen) atoms. The number of aryl methyl sites for hydroxylation is 1. The molecule has 1 saturated heterocycles. The molecule has 1 atom stereocenters. The van der Waals surface area contributed by atoms with Gasteiger partial charge in [0, 0.05) is 32.5 Å². The number of carbonyl (C=O) groups is 1. The second-order valence-corrected chi connectivity index (χ2v) is 4.22. The van der Waals surface area contributed by atoms with Crippen LogP contribution in [-0.2, 0) is 23.0 Å². The first-order valence-corrected chi connectivity index (χ1v) is 5.46. The Morgan fingerprint density at radius 3 is 3.06 bits per heavy atom. The maximum absolute atomic E-state index is 12.0. The molecule has 2 heterocycles. The lowest BCUT2D eigenvalue weighted by molar-refractivity contribution is -0.135. The Morgan fingerprint density at radius 1 is 1.62 bits per heavy atom. The van der Waals surface area contributed by atoms with Crippen LogP contribution in [0.2, 0.25) is 0 Å². The number of nitrogens with zero attached hydrogens (tertiary/aromatic N) is 3. The number of aromatic nitrogens is 2. The van der Waals surface area contributed by atoms with Crippen molar-refractivity contribution >= 4 is 5.78 Å². The lowest BCUT2D eigenvalue weighted by Gasteiger charge is -2.28. The molecule has 5 heteroatoms. The van der Waals surface area contributed by atoms with E-state index in [1.54, 1.807) is 6.20 Å². The number of Topliss-reactive ketones (excluding diaryl/α,β-unsaturated/α-hetero) is 1. The highest BCUT2D eigenvalue weighted by atomic mass is 16.5. The molecule has 1 aliphatic heterocycles. The van der Waals surface area contributed by atoms with E-state index in [4.69, 9.17) is 4.74 Å². The Morgan fingerprint density at radius 2 is 2.44 bits per heavy atom. The predicted octanol–water partition coefficient (Wildman–Crippen LogP) is -0.138. The summed E-state index contributed by atoms with van der Waals surface area (Å²) in [6, 6.07) is 0. The molecule has 0 saturated carbocycles. The summed E-state index contributed by atoms with van der Waals surface area (Å²) in [5, 5.41) is 0. The topological polar surface area (TPSA) is 47.4 Å². The summed E-state index contributed by atoms with van der Waals surface area (Å²) in [6.07, 6.45) is 3.60.